The quantitative estimate of drug-likeness (QED) is 0.787. The van der Waals surface area contributed by atoms with Gasteiger partial charge in [0, 0.05) is 16.0 Å². The SMILES string of the molecule is Cc1cnc(C(C#N)CBr)c(Br)c1. The summed E-state index contributed by atoms with van der Waals surface area (Å²) in [5.74, 6) is -0.185. The Morgan fingerprint density at radius 3 is 2.85 bits per heavy atom. The van der Waals surface area contributed by atoms with Crippen LogP contribution in [0.3, 0.4) is 0 Å². The van der Waals surface area contributed by atoms with Crippen molar-refractivity contribution in [3.8, 4) is 6.07 Å². The number of rotatable bonds is 2. The van der Waals surface area contributed by atoms with Crippen LogP contribution < -0.4 is 0 Å². The molecule has 0 aromatic carbocycles. The number of aryl methyl sites for hydroxylation is 1. The minimum absolute atomic E-state index is 0.185. The molecule has 1 aromatic heterocycles. The Hall–Kier alpha value is -0.400. The van der Waals surface area contributed by atoms with Crippen LogP contribution in [0.25, 0.3) is 0 Å². The monoisotopic (exact) mass is 302 g/mol. The summed E-state index contributed by atoms with van der Waals surface area (Å²) in [5.41, 5.74) is 1.88. The smallest absolute Gasteiger partial charge is 0.0992 e. The van der Waals surface area contributed by atoms with Crippen LogP contribution in [0, 0.1) is 18.3 Å². The minimum Gasteiger partial charge on any atom is -0.258 e. The van der Waals surface area contributed by atoms with E-state index >= 15 is 0 Å². The zero-order valence-electron chi connectivity index (χ0n) is 7.09. The molecule has 0 saturated heterocycles. The minimum atomic E-state index is -0.185. The molecular weight excluding hydrogens is 296 g/mol. The van der Waals surface area contributed by atoms with Crippen LogP contribution in [-0.4, -0.2) is 10.3 Å². The van der Waals surface area contributed by atoms with Gasteiger partial charge in [0.25, 0.3) is 0 Å². The van der Waals surface area contributed by atoms with Gasteiger partial charge in [-0.25, -0.2) is 0 Å². The van der Waals surface area contributed by atoms with E-state index in [1.54, 1.807) is 6.20 Å². The summed E-state index contributed by atoms with van der Waals surface area (Å²) in [7, 11) is 0. The van der Waals surface area contributed by atoms with Crippen LogP contribution in [-0.2, 0) is 0 Å². The van der Waals surface area contributed by atoms with Gasteiger partial charge in [-0.1, -0.05) is 15.9 Å². The summed E-state index contributed by atoms with van der Waals surface area (Å²) in [6, 6.07) is 4.16. The summed E-state index contributed by atoms with van der Waals surface area (Å²) in [6.07, 6.45) is 1.77. The van der Waals surface area contributed by atoms with Crippen molar-refractivity contribution >= 4 is 31.9 Å². The fourth-order valence-corrected chi connectivity index (χ4v) is 2.16. The molecule has 0 aliphatic carbocycles. The normalized spacial score (nSPS) is 12.2. The van der Waals surface area contributed by atoms with E-state index in [-0.39, 0.29) is 5.92 Å². The molecule has 0 saturated carbocycles. The van der Waals surface area contributed by atoms with E-state index in [2.05, 4.69) is 42.9 Å². The van der Waals surface area contributed by atoms with Crippen molar-refractivity contribution in [2.45, 2.75) is 12.8 Å². The average molecular weight is 304 g/mol. The van der Waals surface area contributed by atoms with Gasteiger partial charge in [0.1, 0.15) is 0 Å². The number of aromatic nitrogens is 1. The fourth-order valence-electron chi connectivity index (χ4n) is 0.969. The average Bonchev–Trinajstić information content (AvgIpc) is 2.10. The molecule has 1 rings (SSSR count). The molecule has 0 bridgehead atoms. The van der Waals surface area contributed by atoms with Crippen LogP contribution in [0.5, 0.6) is 0 Å². The van der Waals surface area contributed by atoms with E-state index in [4.69, 9.17) is 5.26 Å². The van der Waals surface area contributed by atoms with Crippen LogP contribution in [0.1, 0.15) is 17.2 Å². The van der Waals surface area contributed by atoms with Gasteiger partial charge in [-0.05, 0) is 34.5 Å². The highest BCUT2D eigenvalue weighted by molar-refractivity contribution is 9.10. The molecule has 1 aromatic rings. The number of hydrogen-bond donors (Lipinski definition) is 0. The van der Waals surface area contributed by atoms with Crippen molar-refractivity contribution < 1.29 is 0 Å². The second kappa shape index (κ2) is 4.73. The van der Waals surface area contributed by atoms with Crippen LogP contribution >= 0.6 is 31.9 Å². The maximum atomic E-state index is 8.83. The molecule has 0 N–H and O–H groups in total. The molecule has 13 heavy (non-hydrogen) atoms. The first-order valence-electron chi connectivity index (χ1n) is 3.76. The predicted molar refractivity (Wildman–Crippen MR) is 58.8 cm³/mol. The third-order valence-corrected chi connectivity index (χ3v) is 2.93. The molecule has 0 aliphatic heterocycles. The fraction of sp³-hybridized carbons (Fsp3) is 0.333. The summed E-state index contributed by atoms with van der Waals surface area (Å²) >= 11 is 6.68. The Balaban J connectivity index is 3.09. The Labute approximate surface area is 94.2 Å². The molecule has 0 spiro atoms. The van der Waals surface area contributed by atoms with Crippen molar-refractivity contribution in [3.63, 3.8) is 0 Å². The van der Waals surface area contributed by atoms with Gasteiger partial charge in [0.2, 0.25) is 0 Å². The van der Waals surface area contributed by atoms with Crippen LogP contribution in [0.15, 0.2) is 16.7 Å². The highest BCUT2D eigenvalue weighted by atomic mass is 79.9. The summed E-state index contributed by atoms with van der Waals surface area (Å²) in [5, 5.41) is 9.44. The van der Waals surface area contributed by atoms with E-state index < -0.39 is 0 Å². The second-order valence-corrected chi connectivity index (χ2v) is 4.22. The number of nitrogens with zero attached hydrogens (tertiary/aromatic N) is 2. The molecule has 0 amide bonds. The lowest BCUT2D eigenvalue weighted by Crippen LogP contribution is -2.01. The van der Waals surface area contributed by atoms with Crippen LogP contribution in [0.2, 0.25) is 0 Å². The van der Waals surface area contributed by atoms with Gasteiger partial charge >= 0.3 is 0 Å². The topological polar surface area (TPSA) is 36.7 Å². The molecule has 0 fully saturated rings. The molecular formula is C9H8Br2N2. The van der Waals surface area contributed by atoms with Crippen molar-refractivity contribution in [2.24, 2.45) is 0 Å². The van der Waals surface area contributed by atoms with Crippen molar-refractivity contribution in [1.82, 2.24) is 4.98 Å². The lowest BCUT2D eigenvalue weighted by molar-refractivity contribution is 0.924. The first kappa shape index (κ1) is 10.7. The zero-order chi connectivity index (χ0) is 9.84. The highest BCUT2D eigenvalue weighted by Crippen LogP contribution is 2.24. The summed E-state index contributed by atoms with van der Waals surface area (Å²) in [6.45, 7) is 1.97. The lowest BCUT2D eigenvalue weighted by Gasteiger charge is -2.07. The number of nitriles is 1. The van der Waals surface area contributed by atoms with E-state index in [0.717, 1.165) is 15.7 Å². The molecule has 1 atom stereocenters. The third-order valence-electron chi connectivity index (χ3n) is 1.65. The largest absolute Gasteiger partial charge is 0.258 e. The Morgan fingerprint density at radius 2 is 2.38 bits per heavy atom. The number of halogens is 2. The molecule has 68 valence electrons. The summed E-state index contributed by atoms with van der Waals surface area (Å²) in [4.78, 5) is 4.22. The number of hydrogen-bond acceptors (Lipinski definition) is 2. The van der Waals surface area contributed by atoms with Crippen LogP contribution in [0.4, 0.5) is 0 Å². The predicted octanol–water partition coefficient (Wildman–Crippen LogP) is 3.15. The highest BCUT2D eigenvalue weighted by Gasteiger charge is 2.13. The van der Waals surface area contributed by atoms with E-state index in [9.17, 15) is 0 Å². The molecule has 1 heterocycles. The molecule has 4 heteroatoms. The van der Waals surface area contributed by atoms with Gasteiger partial charge in [-0.2, -0.15) is 5.26 Å². The Kier molecular flexibility index (Phi) is 3.89. The molecule has 1 unspecified atom stereocenters. The maximum Gasteiger partial charge on any atom is 0.0992 e. The van der Waals surface area contributed by atoms with Crippen molar-refractivity contribution in [2.75, 3.05) is 5.33 Å². The first-order valence-corrected chi connectivity index (χ1v) is 5.68. The lowest BCUT2D eigenvalue weighted by atomic mass is 10.1. The molecule has 0 aliphatic rings. The first-order chi connectivity index (χ1) is 6.19. The van der Waals surface area contributed by atoms with Crippen molar-refractivity contribution in [3.05, 3.63) is 28.0 Å². The van der Waals surface area contributed by atoms with Gasteiger partial charge in [-0.3, -0.25) is 4.98 Å². The van der Waals surface area contributed by atoms with Gasteiger partial charge in [-0.15, -0.1) is 0 Å². The zero-order valence-corrected chi connectivity index (χ0v) is 10.3. The van der Waals surface area contributed by atoms with Gasteiger partial charge in [0.15, 0.2) is 0 Å². The number of pyridine rings is 1. The van der Waals surface area contributed by atoms with Crippen molar-refractivity contribution in [1.29, 1.82) is 5.26 Å². The Bertz CT molecular complexity index is 344. The standard InChI is InChI=1S/C9H8Br2N2/c1-6-2-8(11)9(13-5-6)7(3-10)4-12/h2,5,7H,3H2,1H3. The third kappa shape index (κ3) is 2.52. The van der Waals surface area contributed by atoms with E-state index in [0.29, 0.717) is 5.33 Å². The number of alkyl halides is 1. The molecule has 0 radical (unpaired) electrons. The Morgan fingerprint density at radius 1 is 1.69 bits per heavy atom. The van der Waals surface area contributed by atoms with E-state index in [1.165, 1.54) is 0 Å². The van der Waals surface area contributed by atoms with E-state index in [1.807, 2.05) is 13.0 Å². The second-order valence-electron chi connectivity index (χ2n) is 2.72. The molecule has 2 nitrogen and oxygen atoms in total. The summed E-state index contributed by atoms with van der Waals surface area (Å²) < 4.78 is 0.901. The van der Waals surface area contributed by atoms with Gasteiger partial charge in [0.05, 0.1) is 17.7 Å². The van der Waals surface area contributed by atoms with Gasteiger partial charge < -0.3 is 0 Å². The maximum absolute atomic E-state index is 8.83.